The van der Waals surface area contributed by atoms with Crippen molar-refractivity contribution >= 4 is 11.8 Å². The lowest BCUT2D eigenvalue weighted by Gasteiger charge is -2.10. The smallest absolute Gasteiger partial charge is 0.405 e. The number of rotatable bonds is 8. The Morgan fingerprint density at radius 3 is 2.25 bits per heavy atom. The van der Waals surface area contributed by atoms with E-state index in [0.717, 1.165) is 0 Å². The van der Waals surface area contributed by atoms with E-state index in [-0.39, 0.29) is 13.0 Å². The summed E-state index contributed by atoms with van der Waals surface area (Å²) in [6, 6.07) is 7.48. The van der Waals surface area contributed by atoms with Gasteiger partial charge in [-0.1, -0.05) is 26.0 Å². The van der Waals surface area contributed by atoms with E-state index in [2.05, 4.69) is 19.2 Å². The standard InChI is InChI=1S/C16H21F3N2O3/c1-11(2)12-3-5-13(6-4-12)24-8-7-14(22)20-9-15(23)21-10-16(17,18)19/h3-6,11H,7-10H2,1-2H3,(H,20,22)(H,21,23). The van der Waals surface area contributed by atoms with Gasteiger partial charge in [-0.05, 0) is 23.6 Å². The van der Waals surface area contributed by atoms with E-state index in [1.54, 1.807) is 17.4 Å². The molecule has 0 saturated carbocycles. The summed E-state index contributed by atoms with van der Waals surface area (Å²) in [5, 5.41) is 3.89. The van der Waals surface area contributed by atoms with E-state index >= 15 is 0 Å². The summed E-state index contributed by atoms with van der Waals surface area (Å²) in [5.41, 5.74) is 1.17. The van der Waals surface area contributed by atoms with Gasteiger partial charge in [0.05, 0.1) is 19.6 Å². The van der Waals surface area contributed by atoms with Gasteiger partial charge in [0.1, 0.15) is 12.3 Å². The van der Waals surface area contributed by atoms with Crippen LogP contribution >= 0.6 is 0 Å². The first-order chi connectivity index (χ1) is 11.2. The van der Waals surface area contributed by atoms with Gasteiger partial charge in [0.2, 0.25) is 11.8 Å². The summed E-state index contributed by atoms with van der Waals surface area (Å²) < 4.78 is 41.1. The van der Waals surface area contributed by atoms with Gasteiger partial charge in [0, 0.05) is 0 Å². The highest BCUT2D eigenvalue weighted by Crippen LogP contribution is 2.18. The first kappa shape index (κ1) is 19.8. The second-order valence-electron chi connectivity index (χ2n) is 5.49. The van der Waals surface area contributed by atoms with Crippen molar-refractivity contribution in [3.05, 3.63) is 29.8 Å². The van der Waals surface area contributed by atoms with Crippen LogP contribution < -0.4 is 15.4 Å². The number of hydrogen-bond acceptors (Lipinski definition) is 3. The summed E-state index contributed by atoms with van der Waals surface area (Å²) in [5.74, 6) is -0.342. The van der Waals surface area contributed by atoms with Crippen molar-refractivity contribution < 1.29 is 27.5 Å². The number of alkyl halides is 3. The largest absolute Gasteiger partial charge is 0.493 e. The minimum Gasteiger partial charge on any atom is -0.493 e. The SMILES string of the molecule is CC(C)c1ccc(OCCC(=O)NCC(=O)NCC(F)(F)F)cc1. The summed E-state index contributed by atoms with van der Waals surface area (Å²) in [4.78, 5) is 22.6. The van der Waals surface area contributed by atoms with E-state index < -0.39 is 31.1 Å². The Kier molecular flexibility index (Phi) is 7.54. The Morgan fingerprint density at radius 2 is 1.71 bits per heavy atom. The van der Waals surface area contributed by atoms with Crippen LogP contribution in [-0.2, 0) is 9.59 Å². The summed E-state index contributed by atoms with van der Waals surface area (Å²) in [6.07, 6.45) is -4.48. The molecule has 134 valence electrons. The van der Waals surface area contributed by atoms with Crippen LogP contribution in [0.5, 0.6) is 5.75 Å². The maximum atomic E-state index is 11.9. The molecule has 8 heteroatoms. The van der Waals surface area contributed by atoms with Gasteiger partial charge in [-0.3, -0.25) is 9.59 Å². The van der Waals surface area contributed by atoms with Crippen LogP contribution in [0.2, 0.25) is 0 Å². The van der Waals surface area contributed by atoms with Crippen molar-refractivity contribution in [2.45, 2.75) is 32.4 Å². The fourth-order valence-electron chi connectivity index (χ4n) is 1.74. The third-order valence-corrected chi connectivity index (χ3v) is 3.08. The summed E-state index contributed by atoms with van der Waals surface area (Å²) >= 11 is 0. The molecule has 0 aliphatic heterocycles. The zero-order valence-corrected chi connectivity index (χ0v) is 13.6. The highest BCUT2D eigenvalue weighted by molar-refractivity contribution is 5.84. The van der Waals surface area contributed by atoms with Gasteiger partial charge < -0.3 is 15.4 Å². The average molecular weight is 346 g/mol. The third kappa shape index (κ3) is 8.40. The zero-order chi connectivity index (χ0) is 18.2. The highest BCUT2D eigenvalue weighted by Gasteiger charge is 2.27. The monoisotopic (exact) mass is 346 g/mol. The first-order valence-electron chi connectivity index (χ1n) is 7.50. The number of ether oxygens (including phenoxy) is 1. The molecule has 1 aromatic rings. The number of carbonyl (C=O) groups excluding carboxylic acids is 2. The molecule has 5 nitrogen and oxygen atoms in total. The second kappa shape index (κ2) is 9.14. The van der Waals surface area contributed by atoms with Gasteiger partial charge in [0.15, 0.2) is 0 Å². The van der Waals surface area contributed by atoms with Crippen molar-refractivity contribution in [2.75, 3.05) is 19.7 Å². The first-order valence-corrected chi connectivity index (χ1v) is 7.50. The van der Waals surface area contributed by atoms with Crippen LogP contribution in [0.15, 0.2) is 24.3 Å². The third-order valence-electron chi connectivity index (χ3n) is 3.08. The minimum atomic E-state index is -4.47. The van der Waals surface area contributed by atoms with Crippen molar-refractivity contribution in [1.29, 1.82) is 0 Å². The van der Waals surface area contributed by atoms with Gasteiger partial charge in [-0.15, -0.1) is 0 Å². The van der Waals surface area contributed by atoms with E-state index in [1.807, 2.05) is 12.1 Å². The molecule has 24 heavy (non-hydrogen) atoms. The maximum Gasteiger partial charge on any atom is 0.405 e. The van der Waals surface area contributed by atoms with E-state index in [4.69, 9.17) is 4.74 Å². The van der Waals surface area contributed by atoms with Crippen molar-refractivity contribution in [2.24, 2.45) is 0 Å². The van der Waals surface area contributed by atoms with Crippen molar-refractivity contribution in [1.82, 2.24) is 10.6 Å². The van der Waals surface area contributed by atoms with Gasteiger partial charge >= 0.3 is 6.18 Å². The minimum absolute atomic E-state index is 0.00151. The van der Waals surface area contributed by atoms with Gasteiger partial charge in [-0.2, -0.15) is 13.2 Å². The molecule has 0 unspecified atom stereocenters. The van der Waals surface area contributed by atoms with Crippen LogP contribution in [0.4, 0.5) is 13.2 Å². The molecule has 0 saturated heterocycles. The molecule has 0 aromatic heterocycles. The Morgan fingerprint density at radius 1 is 1.08 bits per heavy atom. The molecule has 0 heterocycles. The average Bonchev–Trinajstić information content (AvgIpc) is 2.50. The van der Waals surface area contributed by atoms with E-state index in [9.17, 15) is 22.8 Å². The number of amides is 2. The summed E-state index contributed by atoms with van der Waals surface area (Å²) in [7, 11) is 0. The predicted octanol–water partition coefficient (Wildman–Crippen LogP) is 2.37. The van der Waals surface area contributed by atoms with Gasteiger partial charge in [0.25, 0.3) is 0 Å². The molecular formula is C16H21F3N2O3. The maximum absolute atomic E-state index is 11.9. The number of hydrogen-bond donors (Lipinski definition) is 2. The van der Waals surface area contributed by atoms with Crippen LogP contribution in [0.1, 0.15) is 31.7 Å². The zero-order valence-electron chi connectivity index (χ0n) is 13.6. The lowest BCUT2D eigenvalue weighted by atomic mass is 10.0. The molecule has 0 aliphatic carbocycles. The number of benzene rings is 1. The molecule has 2 N–H and O–H groups in total. The quantitative estimate of drug-likeness (QED) is 0.759. The Bertz CT molecular complexity index is 542. The number of carbonyl (C=O) groups is 2. The molecule has 0 aliphatic rings. The molecular weight excluding hydrogens is 325 g/mol. The molecule has 0 bridgehead atoms. The Hall–Kier alpha value is -2.25. The van der Waals surface area contributed by atoms with Gasteiger partial charge in [-0.25, -0.2) is 0 Å². The Labute approximate surface area is 138 Å². The normalized spacial score (nSPS) is 11.2. The molecule has 0 radical (unpaired) electrons. The van der Waals surface area contributed by atoms with E-state index in [1.165, 1.54) is 5.56 Å². The highest BCUT2D eigenvalue weighted by atomic mass is 19.4. The number of halogens is 3. The van der Waals surface area contributed by atoms with Crippen molar-refractivity contribution in [3.63, 3.8) is 0 Å². The summed E-state index contributed by atoms with van der Waals surface area (Å²) in [6.45, 7) is 2.34. The fraction of sp³-hybridized carbons (Fsp3) is 0.500. The molecule has 0 fully saturated rings. The predicted molar refractivity (Wildman–Crippen MR) is 82.7 cm³/mol. The van der Waals surface area contributed by atoms with Crippen LogP contribution in [0.3, 0.4) is 0 Å². The van der Waals surface area contributed by atoms with Crippen LogP contribution in [-0.4, -0.2) is 37.7 Å². The number of nitrogens with one attached hydrogen (secondary N) is 2. The van der Waals surface area contributed by atoms with E-state index in [0.29, 0.717) is 11.7 Å². The van der Waals surface area contributed by atoms with Crippen LogP contribution in [0.25, 0.3) is 0 Å². The topological polar surface area (TPSA) is 67.4 Å². The van der Waals surface area contributed by atoms with Crippen molar-refractivity contribution in [3.8, 4) is 5.75 Å². The molecule has 2 amide bonds. The molecule has 1 aromatic carbocycles. The molecule has 0 atom stereocenters. The molecule has 1 rings (SSSR count). The van der Waals surface area contributed by atoms with Crippen LogP contribution in [0, 0.1) is 0 Å². The molecule has 0 spiro atoms. The lowest BCUT2D eigenvalue weighted by molar-refractivity contribution is -0.138. The second-order valence-corrected chi connectivity index (χ2v) is 5.49. The Balaban J connectivity index is 2.21. The fourth-order valence-corrected chi connectivity index (χ4v) is 1.74. The lowest BCUT2D eigenvalue weighted by Crippen LogP contribution is -2.41.